The molecule has 4 N–H and O–H groups in total. The lowest BCUT2D eigenvalue weighted by Gasteiger charge is -2.20. The number of hydrogen-bond acceptors (Lipinski definition) is 4. The van der Waals surface area contributed by atoms with Gasteiger partial charge in [0.05, 0.1) is 17.7 Å². The minimum atomic E-state index is -1.11. The van der Waals surface area contributed by atoms with E-state index in [9.17, 15) is 14.7 Å². The van der Waals surface area contributed by atoms with Crippen LogP contribution in [0.3, 0.4) is 0 Å². The summed E-state index contributed by atoms with van der Waals surface area (Å²) in [7, 11) is 0. The van der Waals surface area contributed by atoms with E-state index >= 15 is 0 Å². The monoisotopic (exact) mass is 318 g/mol. The van der Waals surface area contributed by atoms with Crippen LogP contribution in [0.4, 0.5) is 0 Å². The van der Waals surface area contributed by atoms with E-state index in [1.165, 1.54) is 24.3 Å². The maximum atomic E-state index is 10.3. The smallest absolute Gasteiger partial charge is 0.335 e. The molecule has 2 aromatic carbocycles. The molecule has 2 rings (SSSR count). The summed E-state index contributed by atoms with van der Waals surface area (Å²) in [5.41, 5.74) is -0.205. The normalized spacial score (nSPS) is 12.5. The molecule has 2 aromatic rings. The van der Waals surface area contributed by atoms with E-state index in [0.29, 0.717) is 0 Å². The third-order valence-corrected chi connectivity index (χ3v) is 3.08. The molecule has 0 aliphatic heterocycles. The summed E-state index contributed by atoms with van der Waals surface area (Å²) < 4.78 is 0. The van der Waals surface area contributed by atoms with Crippen molar-refractivity contribution in [1.82, 2.24) is 0 Å². The first-order valence-corrected chi connectivity index (χ1v) is 6.73. The van der Waals surface area contributed by atoms with Crippen LogP contribution in [0.2, 0.25) is 0 Å². The molecule has 0 saturated heterocycles. The number of rotatable bonds is 4. The first kappa shape index (κ1) is 18.3. The van der Waals surface area contributed by atoms with Crippen LogP contribution in [-0.2, 0) is 5.60 Å². The molecule has 23 heavy (non-hydrogen) atoms. The Morgan fingerprint density at radius 3 is 1.57 bits per heavy atom. The van der Waals surface area contributed by atoms with Gasteiger partial charge >= 0.3 is 11.9 Å². The number of carbonyl (C=O) groups is 2. The zero-order valence-electron chi connectivity index (χ0n) is 12.5. The predicted octanol–water partition coefficient (Wildman–Crippen LogP) is 1.97. The van der Waals surface area contributed by atoms with Crippen LogP contribution in [0.15, 0.2) is 54.6 Å². The zero-order chi connectivity index (χ0) is 17.5. The van der Waals surface area contributed by atoms with Crippen LogP contribution in [-0.4, -0.2) is 39.0 Å². The van der Waals surface area contributed by atoms with Crippen LogP contribution < -0.4 is 0 Å². The molecule has 0 aromatic heterocycles. The molecule has 1 atom stereocenters. The fourth-order valence-corrected chi connectivity index (χ4v) is 1.64. The highest BCUT2D eigenvalue weighted by molar-refractivity contribution is 5.91. The van der Waals surface area contributed by atoms with Gasteiger partial charge in [0.15, 0.2) is 0 Å². The Balaban J connectivity index is 0.000000231. The van der Waals surface area contributed by atoms with Gasteiger partial charge in [0.2, 0.25) is 0 Å². The van der Waals surface area contributed by atoms with Crippen molar-refractivity contribution < 1.29 is 30.0 Å². The molecule has 0 saturated carbocycles. The number of hydrogen-bond donors (Lipinski definition) is 4. The molecule has 0 radical (unpaired) electrons. The summed E-state index contributed by atoms with van der Waals surface area (Å²) in [4.78, 5) is 20.7. The van der Waals surface area contributed by atoms with Gasteiger partial charge in [0.1, 0.15) is 5.60 Å². The van der Waals surface area contributed by atoms with Gasteiger partial charge < -0.3 is 20.4 Å². The van der Waals surface area contributed by atoms with Crippen molar-refractivity contribution >= 4 is 11.9 Å². The minimum Gasteiger partial charge on any atom is -0.478 e. The van der Waals surface area contributed by atoms with Crippen LogP contribution in [0.5, 0.6) is 0 Å². The summed E-state index contributed by atoms with van der Waals surface area (Å²) in [6, 6.07) is 14.1. The molecule has 0 amide bonds. The zero-order valence-corrected chi connectivity index (χ0v) is 12.5. The van der Waals surface area contributed by atoms with E-state index in [1.807, 2.05) is 18.2 Å². The Bertz CT molecular complexity index is 614. The SMILES string of the molecule is CC(O)(CO)c1ccccc1.O=C(O)c1ccc(C(=O)O)cc1. The number of carboxylic acid groups (broad SMARTS) is 2. The van der Waals surface area contributed by atoms with Crippen molar-refractivity contribution in [2.24, 2.45) is 0 Å². The van der Waals surface area contributed by atoms with Crippen molar-refractivity contribution in [1.29, 1.82) is 0 Å². The molecule has 6 heteroatoms. The number of carboxylic acids is 2. The van der Waals surface area contributed by atoms with E-state index in [4.69, 9.17) is 15.3 Å². The number of aromatic carboxylic acids is 2. The van der Waals surface area contributed by atoms with E-state index in [0.717, 1.165) is 5.56 Å². The molecule has 122 valence electrons. The predicted molar refractivity (Wildman–Crippen MR) is 83.5 cm³/mol. The number of aliphatic hydroxyl groups excluding tert-OH is 1. The second kappa shape index (κ2) is 8.07. The molecule has 0 aliphatic carbocycles. The van der Waals surface area contributed by atoms with Gasteiger partial charge in [-0.15, -0.1) is 0 Å². The van der Waals surface area contributed by atoms with E-state index in [1.54, 1.807) is 19.1 Å². The Morgan fingerprint density at radius 2 is 1.26 bits per heavy atom. The highest BCUT2D eigenvalue weighted by Crippen LogP contribution is 2.18. The standard InChI is InChI=1S/C9H12O2.C8H6O4/c1-9(11,7-10)8-5-3-2-4-6-8;9-7(10)5-1-2-6(4-3-5)8(11)12/h2-6,10-11H,7H2,1H3;1-4H,(H,9,10)(H,11,12). The maximum Gasteiger partial charge on any atom is 0.335 e. The molecule has 0 aliphatic rings. The van der Waals surface area contributed by atoms with Gasteiger partial charge in [-0.25, -0.2) is 9.59 Å². The topological polar surface area (TPSA) is 115 Å². The highest BCUT2D eigenvalue weighted by atomic mass is 16.4. The summed E-state index contributed by atoms with van der Waals surface area (Å²) in [5.74, 6) is -2.13. The third kappa shape index (κ3) is 5.54. The second-order valence-corrected chi connectivity index (χ2v) is 4.99. The molecular weight excluding hydrogens is 300 g/mol. The number of benzene rings is 2. The molecule has 0 bridgehead atoms. The Hall–Kier alpha value is -2.70. The lowest BCUT2D eigenvalue weighted by molar-refractivity contribution is -0.00228. The van der Waals surface area contributed by atoms with Crippen molar-refractivity contribution in [2.45, 2.75) is 12.5 Å². The Labute approximate surface area is 133 Å². The summed E-state index contributed by atoms with van der Waals surface area (Å²) in [6.45, 7) is 1.33. The van der Waals surface area contributed by atoms with Gasteiger partial charge in [-0.05, 0) is 36.8 Å². The van der Waals surface area contributed by atoms with Gasteiger partial charge in [0.25, 0.3) is 0 Å². The molecule has 1 unspecified atom stereocenters. The average Bonchev–Trinajstić information content (AvgIpc) is 2.56. The van der Waals surface area contributed by atoms with Crippen LogP contribution in [0, 0.1) is 0 Å². The van der Waals surface area contributed by atoms with Gasteiger partial charge in [-0.3, -0.25) is 0 Å². The second-order valence-electron chi connectivity index (χ2n) is 4.99. The first-order chi connectivity index (χ1) is 10.8. The third-order valence-electron chi connectivity index (χ3n) is 3.08. The lowest BCUT2D eigenvalue weighted by Crippen LogP contribution is -2.25. The van der Waals surface area contributed by atoms with Crippen molar-refractivity contribution in [2.75, 3.05) is 6.61 Å². The summed E-state index contributed by atoms with van der Waals surface area (Å²) in [6.07, 6.45) is 0. The molecule has 6 nitrogen and oxygen atoms in total. The van der Waals surface area contributed by atoms with Gasteiger partial charge in [0, 0.05) is 0 Å². The van der Waals surface area contributed by atoms with E-state index in [-0.39, 0.29) is 17.7 Å². The van der Waals surface area contributed by atoms with E-state index < -0.39 is 17.5 Å². The molecule has 0 fully saturated rings. The van der Waals surface area contributed by atoms with E-state index in [2.05, 4.69) is 0 Å². The lowest BCUT2D eigenvalue weighted by atomic mass is 9.97. The van der Waals surface area contributed by atoms with Crippen LogP contribution in [0.25, 0.3) is 0 Å². The number of aliphatic hydroxyl groups is 2. The largest absolute Gasteiger partial charge is 0.478 e. The minimum absolute atomic E-state index is 0.0833. The Kier molecular flexibility index (Phi) is 6.44. The maximum absolute atomic E-state index is 10.3. The van der Waals surface area contributed by atoms with Crippen molar-refractivity contribution in [3.05, 3.63) is 71.3 Å². The first-order valence-electron chi connectivity index (χ1n) is 6.73. The van der Waals surface area contributed by atoms with Crippen LogP contribution >= 0.6 is 0 Å². The fraction of sp³-hybridized carbons (Fsp3) is 0.176. The fourth-order valence-electron chi connectivity index (χ4n) is 1.64. The molecular formula is C17H18O6. The molecule has 0 heterocycles. The highest BCUT2D eigenvalue weighted by Gasteiger charge is 2.20. The van der Waals surface area contributed by atoms with Crippen LogP contribution in [0.1, 0.15) is 33.2 Å². The summed E-state index contributed by atoms with van der Waals surface area (Å²) in [5, 5.41) is 35.3. The quantitative estimate of drug-likeness (QED) is 0.685. The average molecular weight is 318 g/mol. The van der Waals surface area contributed by atoms with Gasteiger partial charge in [-0.1, -0.05) is 30.3 Å². The summed E-state index contributed by atoms with van der Waals surface area (Å²) >= 11 is 0. The van der Waals surface area contributed by atoms with Crippen molar-refractivity contribution in [3.63, 3.8) is 0 Å². The van der Waals surface area contributed by atoms with Gasteiger partial charge in [-0.2, -0.15) is 0 Å². The van der Waals surface area contributed by atoms with Crippen molar-refractivity contribution in [3.8, 4) is 0 Å². The molecule has 0 spiro atoms. The Morgan fingerprint density at radius 1 is 0.870 bits per heavy atom.